The zero-order chi connectivity index (χ0) is 13.9. The molecule has 1 N–H and O–H groups in total. The molecule has 1 aromatic carbocycles. The van der Waals surface area contributed by atoms with E-state index in [1.807, 2.05) is 0 Å². The highest BCUT2D eigenvalue weighted by Gasteiger charge is 2.20. The molecule has 1 aromatic rings. The van der Waals surface area contributed by atoms with Crippen LogP contribution in [0.2, 0.25) is 0 Å². The first kappa shape index (κ1) is 14.4. The van der Waals surface area contributed by atoms with Crippen LogP contribution in [0.25, 0.3) is 0 Å². The van der Waals surface area contributed by atoms with Crippen LogP contribution in [0.4, 0.5) is 5.69 Å². The van der Waals surface area contributed by atoms with E-state index >= 15 is 0 Å². The Morgan fingerprint density at radius 2 is 2.11 bits per heavy atom. The van der Waals surface area contributed by atoms with Crippen molar-refractivity contribution in [3.63, 3.8) is 0 Å². The lowest BCUT2D eigenvalue weighted by Gasteiger charge is -2.03. The van der Waals surface area contributed by atoms with Crippen molar-refractivity contribution in [1.82, 2.24) is 0 Å². The van der Waals surface area contributed by atoms with Crippen LogP contribution < -0.4 is 0 Å². The summed E-state index contributed by atoms with van der Waals surface area (Å²) in [5, 5.41) is 19.4. The SMILES string of the molecule is Cc1c(C#CCO)cc(S(=O)(=O)Cl)cc1[N+](=O)[O-]. The zero-order valence-electron chi connectivity index (χ0n) is 9.18. The number of aliphatic hydroxyl groups is 1. The standard InChI is InChI=1S/C10H8ClNO5S/c1-7-8(3-2-4-13)5-9(18(11,16)17)6-10(7)12(14)15/h5-6,13H,4H2,1H3. The minimum atomic E-state index is -4.09. The average molecular weight is 290 g/mol. The first-order valence-electron chi connectivity index (χ1n) is 4.60. The number of hydrogen-bond acceptors (Lipinski definition) is 5. The van der Waals surface area contributed by atoms with Gasteiger partial charge in [0.1, 0.15) is 6.61 Å². The molecule has 0 amide bonds. The summed E-state index contributed by atoms with van der Waals surface area (Å²) >= 11 is 0. The van der Waals surface area contributed by atoms with Gasteiger partial charge in [0.25, 0.3) is 14.7 Å². The third kappa shape index (κ3) is 3.20. The molecule has 96 valence electrons. The van der Waals surface area contributed by atoms with E-state index in [0.29, 0.717) is 0 Å². The Kier molecular flexibility index (Phi) is 4.29. The minimum absolute atomic E-state index is 0.137. The van der Waals surface area contributed by atoms with E-state index in [0.717, 1.165) is 12.1 Å². The van der Waals surface area contributed by atoms with E-state index in [1.54, 1.807) is 0 Å². The molecule has 0 radical (unpaired) electrons. The van der Waals surface area contributed by atoms with Gasteiger partial charge in [0.15, 0.2) is 0 Å². The second-order valence-corrected chi connectivity index (χ2v) is 5.84. The normalized spacial score (nSPS) is 10.6. The first-order chi connectivity index (χ1) is 8.27. The van der Waals surface area contributed by atoms with Gasteiger partial charge in [-0.05, 0) is 13.0 Å². The second-order valence-electron chi connectivity index (χ2n) is 3.27. The lowest BCUT2D eigenvalue weighted by Crippen LogP contribution is -1.99. The topological polar surface area (TPSA) is 97.5 Å². The van der Waals surface area contributed by atoms with Crippen molar-refractivity contribution in [3.05, 3.63) is 33.4 Å². The van der Waals surface area contributed by atoms with E-state index in [4.69, 9.17) is 15.8 Å². The van der Waals surface area contributed by atoms with Gasteiger partial charge in [-0.15, -0.1) is 0 Å². The van der Waals surface area contributed by atoms with Crippen LogP contribution in [-0.2, 0) is 9.05 Å². The Labute approximate surface area is 108 Å². The largest absolute Gasteiger partial charge is 0.384 e. The van der Waals surface area contributed by atoms with E-state index in [2.05, 4.69) is 11.8 Å². The molecule has 6 nitrogen and oxygen atoms in total. The lowest BCUT2D eigenvalue weighted by molar-refractivity contribution is -0.385. The number of benzene rings is 1. The third-order valence-corrected chi connectivity index (χ3v) is 3.47. The molecule has 0 unspecified atom stereocenters. The molecule has 0 saturated heterocycles. The van der Waals surface area contributed by atoms with Crippen molar-refractivity contribution < 1.29 is 18.4 Å². The summed E-state index contributed by atoms with van der Waals surface area (Å²) in [4.78, 5) is 9.68. The third-order valence-electron chi connectivity index (χ3n) is 2.13. The molecule has 0 fully saturated rings. The summed E-state index contributed by atoms with van der Waals surface area (Å²) in [6.45, 7) is 0.995. The second kappa shape index (κ2) is 5.35. The number of nitro benzene ring substituents is 1. The van der Waals surface area contributed by atoms with Crippen molar-refractivity contribution in [2.24, 2.45) is 0 Å². The molecule has 8 heteroatoms. The molecule has 1 rings (SSSR count). The summed E-state index contributed by atoms with van der Waals surface area (Å²) in [6.07, 6.45) is 0. The van der Waals surface area contributed by atoms with Crippen LogP contribution in [0, 0.1) is 28.9 Å². The van der Waals surface area contributed by atoms with Gasteiger partial charge in [0.05, 0.1) is 9.82 Å². The lowest BCUT2D eigenvalue weighted by atomic mass is 10.1. The van der Waals surface area contributed by atoms with E-state index in [-0.39, 0.29) is 16.8 Å². The zero-order valence-corrected chi connectivity index (χ0v) is 10.7. The number of nitro groups is 1. The number of rotatable bonds is 2. The number of halogens is 1. The van der Waals surface area contributed by atoms with Gasteiger partial charge < -0.3 is 5.11 Å². The fourth-order valence-corrected chi connectivity index (χ4v) is 2.05. The molecule has 0 bridgehead atoms. The van der Waals surface area contributed by atoms with Gasteiger partial charge in [0.2, 0.25) is 0 Å². The summed E-state index contributed by atoms with van der Waals surface area (Å²) in [5.41, 5.74) is -0.0403. The molecule has 0 heterocycles. The van der Waals surface area contributed by atoms with Crippen molar-refractivity contribution in [2.75, 3.05) is 6.61 Å². The highest BCUT2D eigenvalue weighted by molar-refractivity contribution is 8.13. The van der Waals surface area contributed by atoms with Gasteiger partial charge in [-0.3, -0.25) is 10.1 Å². The van der Waals surface area contributed by atoms with Gasteiger partial charge in [0, 0.05) is 27.9 Å². The molecule has 18 heavy (non-hydrogen) atoms. The molecule has 0 aliphatic rings. The summed E-state index contributed by atoms with van der Waals surface area (Å²) in [5.74, 6) is 4.74. The molecular formula is C10H8ClNO5S. The van der Waals surface area contributed by atoms with Crippen molar-refractivity contribution in [2.45, 2.75) is 11.8 Å². The highest BCUT2D eigenvalue weighted by Crippen LogP contribution is 2.27. The number of aliphatic hydroxyl groups excluding tert-OH is 1. The fourth-order valence-electron chi connectivity index (χ4n) is 1.27. The Morgan fingerprint density at radius 1 is 1.50 bits per heavy atom. The Balaban J connectivity index is 3.62. The minimum Gasteiger partial charge on any atom is -0.384 e. The van der Waals surface area contributed by atoms with Crippen LogP contribution in [0.15, 0.2) is 17.0 Å². The number of nitrogens with zero attached hydrogens (tertiary/aromatic N) is 1. The van der Waals surface area contributed by atoms with Gasteiger partial charge >= 0.3 is 0 Å². The number of hydrogen-bond donors (Lipinski definition) is 1. The van der Waals surface area contributed by atoms with Crippen molar-refractivity contribution >= 4 is 25.4 Å². The maximum absolute atomic E-state index is 11.2. The van der Waals surface area contributed by atoms with E-state index in [9.17, 15) is 18.5 Å². The van der Waals surface area contributed by atoms with Gasteiger partial charge in [-0.25, -0.2) is 8.42 Å². The predicted molar refractivity (Wildman–Crippen MR) is 64.8 cm³/mol. The van der Waals surface area contributed by atoms with Crippen LogP contribution in [-0.4, -0.2) is 25.1 Å². The van der Waals surface area contributed by atoms with Crippen LogP contribution in [0.1, 0.15) is 11.1 Å². The maximum Gasteiger partial charge on any atom is 0.274 e. The molecular weight excluding hydrogens is 282 g/mol. The van der Waals surface area contributed by atoms with Crippen LogP contribution in [0.3, 0.4) is 0 Å². The summed E-state index contributed by atoms with van der Waals surface area (Å²) in [6, 6.07) is 2.01. The van der Waals surface area contributed by atoms with Gasteiger partial charge in [-0.2, -0.15) is 0 Å². The molecule has 0 saturated carbocycles. The molecule has 0 atom stereocenters. The van der Waals surface area contributed by atoms with Crippen molar-refractivity contribution in [3.8, 4) is 11.8 Å². The quantitative estimate of drug-likeness (QED) is 0.381. The summed E-state index contributed by atoms with van der Waals surface area (Å²) in [7, 11) is 1.06. The summed E-state index contributed by atoms with van der Waals surface area (Å²) < 4.78 is 22.4. The van der Waals surface area contributed by atoms with E-state index < -0.39 is 25.5 Å². The molecule has 0 aromatic heterocycles. The molecule has 0 aliphatic carbocycles. The maximum atomic E-state index is 11.2. The first-order valence-corrected chi connectivity index (χ1v) is 6.91. The van der Waals surface area contributed by atoms with Crippen LogP contribution in [0.5, 0.6) is 0 Å². The predicted octanol–water partition coefficient (Wildman–Crippen LogP) is 1.17. The van der Waals surface area contributed by atoms with Crippen LogP contribution >= 0.6 is 10.7 Å². The monoisotopic (exact) mass is 289 g/mol. The Hall–Kier alpha value is -1.62. The van der Waals surface area contributed by atoms with E-state index in [1.165, 1.54) is 6.92 Å². The van der Waals surface area contributed by atoms with Gasteiger partial charge in [-0.1, -0.05) is 11.8 Å². The smallest absolute Gasteiger partial charge is 0.274 e. The highest BCUT2D eigenvalue weighted by atomic mass is 35.7. The van der Waals surface area contributed by atoms with Crippen molar-refractivity contribution in [1.29, 1.82) is 0 Å². The molecule has 0 aliphatic heterocycles. The average Bonchev–Trinajstić information content (AvgIpc) is 2.25. The fraction of sp³-hybridized carbons (Fsp3) is 0.200. The Morgan fingerprint density at radius 3 is 2.56 bits per heavy atom. The molecule has 0 spiro atoms. The Bertz CT molecular complexity index is 657.